The monoisotopic (exact) mass is 112 g/mol. The Kier molecular flexibility index (Phi) is 4.36. The van der Waals surface area contributed by atoms with E-state index in [9.17, 15) is 0 Å². The molecule has 0 saturated carbocycles. The maximum Gasteiger partial charge on any atom is 0.237 e. The Morgan fingerprint density at radius 1 is 1.75 bits per heavy atom. The van der Waals surface area contributed by atoms with Crippen molar-refractivity contribution in [2.45, 2.75) is 0 Å². The second-order valence-electron chi connectivity index (χ2n) is 0.842. The smallest absolute Gasteiger partial charge is 0.237 e. The Hall–Kier alpha value is -1.57. The van der Waals surface area contributed by atoms with Gasteiger partial charge in [0.1, 0.15) is 0 Å². The molecule has 0 radical (unpaired) electrons. The first kappa shape index (κ1) is 6.43. The highest BCUT2D eigenvalue weighted by atomic mass is 16.4. The third-order valence-electron chi connectivity index (χ3n) is 0.406. The fourth-order valence-electron chi connectivity index (χ4n) is 0.215. The van der Waals surface area contributed by atoms with E-state index in [1.807, 2.05) is 0 Å². The van der Waals surface area contributed by atoms with E-state index in [0.717, 1.165) is 0 Å². The van der Waals surface area contributed by atoms with Crippen LogP contribution in [0.25, 0.3) is 5.14 Å². The standard InChI is InChI=1S/C3H4N2.N2O/c1-2-5-3-4-1;1-2-3/h1-3H,(H,4,5);. The van der Waals surface area contributed by atoms with Crippen molar-refractivity contribution in [2.24, 2.45) is 0 Å². The molecular formula is C3H4N4O. The van der Waals surface area contributed by atoms with Gasteiger partial charge in [0.15, 0.2) is 0 Å². The SMILES string of the molecule is N#[N+][O-].c1c[nH]cn1. The van der Waals surface area contributed by atoms with Gasteiger partial charge in [0, 0.05) is 12.4 Å². The predicted octanol–water partition coefficient (Wildman–Crippen LogP) is 0.747. The van der Waals surface area contributed by atoms with E-state index in [4.69, 9.17) is 10.6 Å². The van der Waals surface area contributed by atoms with Gasteiger partial charge in [-0.05, 0) is 0 Å². The van der Waals surface area contributed by atoms with Gasteiger partial charge in [0.05, 0.1) is 6.33 Å². The number of hydrogen-bond acceptors (Lipinski definition) is 3. The predicted molar refractivity (Wildman–Crippen MR) is 27.0 cm³/mol. The number of nitrogens with zero attached hydrogens (tertiary/aromatic N) is 3. The molecule has 0 aliphatic carbocycles. The molecule has 5 nitrogen and oxygen atoms in total. The van der Waals surface area contributed by atoms with Gasteiger partial charge in [-0.15, -0.1) is 0 Å². The van der Waals surface area contributed by atoms with Crippen LogP contribution < -0.4 is 0 Å². The van der Waals surface area contributed by atoms with Crippen LogP contribution in [0, 0.1) is 10.6 Å². The highest BCUT2D eigenvalue weighted by Crippen LogP contribution is 1.62. The van der Waals surface area contributed by atoms with Crippen molar-refractivity contribution in [1.82, 2.24) is 9.97 Å². The minimum Gasteiger partial charge on any atom is -0.463 e. The molecule has 0 spiro atoms. The van der Waals surface area contributed by atoms with Crippen molar-refractivity contribution < 1.29 is 0 Å². The molecule has 1 aromatic heterocycles. The van der Waals surface area contributed by atoms with Gasteiger partial charge in [0.25, 0.3) is 0 Å². The summed E-state index contributed by atoms with van der Waals surface area (Å²) in [6.45, 7) is 0. The third kappa shape index (κ3) is 4.43. The molecule has 0 fully saturated rings. The summed E-state index contributed by atoms with van der Waals surface area (Å²) in [7, 11) is 0. The minimum atomic E-state index is 1.25. The van der Waals surface area contributed by atoms with Gasteiger partial charge in [-0.25, -0.2) is 4.98 Å². The lowest BCUT2D eigenvalue weighted by molar-refractivity contribution is 1.31. The van der Waals surface area contributed by atoms with Crippen LogP contribution in [0.15, 0.2) is 18.7 Å². The van der Waals surface area contributed by atoms with Crippen LogP contribution >= 0.6 is 0 Å². The Labute approximate surface area is 45.6 Å². The summed E-state index contributed by atoms with van der Waals surface area (Å²) in [5.41, 5.74) is 0. The first-order chi connectivity index (χ1) is 3.91. The number of nitrogens with one attached hydrogen (secondary N) is 1. The highest BCUT2D eigenvalue weighted by Gasteiger charge is 1.56. The topological polar surface area (TPSA) is 79.9 Å². The lowest BCUT2D eigenvalue weighted by atomic mass is 11.0. The molecule has 0 aromatic carbocycles. The molecule has 1 heterocycles. The average molecular weight is 112 g/mol. The van der Waals surface area contributed by atoms with Gasteiger partial charge in [0.2, 0.25) is 10.5 Å². The number of aromatic nitrogens is 2. The second kappa shape index (κ2) is 5.43. The molecule has 0 atom stereocenters. The molecule has 1 rings (SSSR count). The van der Waals surface area contributed by atoms with E-state index >= 15 is 0 Å². The van der Waals surface area contributed by atoms with Gasteiger partial charge in [-0.1, -0.05) is 0 Å². The molecule has 8 heavy (non-hydrogen) atoms. The zero-order chi connectivity index (χ0) is 6.24. The van der Waals surface area contributed by atoms with E-state index in [1.165, 1.54) is 5.14 Å². The largest absolute Gasteiger partial charge is 0.463 e. The first-order valence-corrected chi connectivity index (χ1v) is 1.81. The van der Waals surface area contributed by atoms with Crippen LogP contribution in [0.1, 0.15) is 0 Å². The van der Waals surface area contributed by atoms with Crippen molar-refractivity contribution >= 4 is 0 Å². The van der Waals surface area contributed by atoms with Gasteiger partial charge < -0.3 is 10.2 Å². The summed E-state index contributed by atoms with van der Waals surface area (Å²) >= 11 is 0. The maximum absolute atomic E-state index is 8.11. The van der Waals surface area contributed by atoms with Crippen molar-refractivity contribution in [3.63, 3.8) is 0 Å². The van der Waals surface area contributed by atoms with Crippen LogP contribution in [0.5, 0.6) is 0 Å². The summed E-state index contributed by atoms with van der Waals surface area (Å²) in [5, 5.41) is 16.0. The highest BCUT2D eigenvalue weighted by molar-refractivity contribution is 4.64. The van der Waals surface area contributed by atoms with Gasteiger partial charge >= 0.3 is 0 Å². The van der Waals surface area contributed by atoms with E-state index in [0.29, 0.717) is 0 Å². The van der Waals surface area contributed by atoms with Gasteiger partial charge in [-0.2, -0.15) is 0 Å². The molecular weight excluding hydrogens is 108 g/mol. The summed E-state index contributed by atoms with van der Waals surface area (Å²) in [4.78, 5) is 6.42. The van der Waals surface area contributed by atoms with Crippen LogP contribution in [0.3, 0.4) is 0 Å². The van der Waals surface area contributed by atoms with Crippen LogP contribution in [0.4, 0.5) is 0 Å². The molecule has 42 valence electrons. The van der Waals surface area contributed by atoms with Crippen LogP contribution in [-0.2, 0) is 0 Å². The molecule has 0 unspecified atom stereocenters. The second-order valence-corrected chi connectivity index (χ2v) is 0.842. The quantitative estimate of drug-likeness (QED) is 0.397. The molecule has 0 saturated heterocycles. The van der Waals surface area contributed by atoms with E-state index in [1.54, 1.807) is 18.7 Å². The maximum atomic E-state index is 8.11. The summed E-state index contributed by atoms with van der Waals surface area (Å²) in [5.74, 6) is 0. The normalized spacial score (nSPS) is 5.88. The fraction of sp³-hybridized carbons (Fsp3) is 0. The Morgan fingerprint density at radius 2 is 2.38 bits per heavy atom. The number of aromatic amines is 1. The van der Waals surface area contributed by atoms with Crippen LogP contribution in [-0.4, -0.2) is 9.97 Å². The van der Waals surface area contributed by atoms with Crippen LogP contribution in [0.2, 0.25) is 0 Å². The molecule has 5 heteroatoms. The average Bonchev–Trinajstić information content (AvgIpc) is 2.17. The number of rotatable bonds is 0. The van der Waals surface area contributed by atoms with Crippen molar-refractivity contribution in [1.29, 1.82) is 5.39 Å². The zero-order valence-corrected chi connectivity index (χ0v) is 3.98. The fourth-order valence-corrected chi connectivity index (χ4v) is 0.215. The Balaban J connectivity index is 0.000000145. The number of hydrogen-bond donors (Lipinski definition) is 1. The molecule has 0 aliphatic rings. The van der Waals surface area contributed by atoms with Crippen molar-refractivity contribution in [3.8, 4) is 0 Å². The van der Waals surface area contributed by atoms with Crippen molar-refractivity contribution in [3.05, 3.63) is 29.1 Å². The Morgan fingerprint density at radius 3 is 2.50 bits per heavy atom. The molecule has 0 aliphatic heterocycles. The number of diazo groups is 1. The van der Waals surface area contributed by atoms with E-state index in [2.05, 4.69) is 9.97 Å². The summed E-state index contributed by atoms with van der Waals surface area (Å²) < 4.78 is 0. The first-order valence-electron chi connectivity index (χ1n) is 1.81. The third-order valence-corrected chi connectivity index (χ3v) is 0.406. The molecule has 1 N–H and O–H groups in total. The number of imidazole rings is 1. The Bertz CT molecular complexity index is 124. The zero-order valence-electron chi connectivity index (χ0n) is 3.98. The van der Waals surface area contributed by atoms with E-state index in [-0.39, 0.29) is 0 Å². The number of H-pyrrole nitrogens is 1. The lowest BCUT2D eigenvalue weighted by Gasteiger charge is -1.46. The molecule has 0 bridgehead atoms. The minimum absolute atomic E-state index is 1.25. The lowest BCUT2D eigenvalue weighted by Crippen LogP contribution is -1.44. The molecule has 1 aromatic rings. The summed E-state index contributed by atoms with van der Waals surface area (Å²) in [6.07, 6.45) is 5.08. The molecule has 0 amide bonds. The van der Waals surface area contributed by atoms with Crippen molar-refractivity contribution in [2.75, 3.05) is 0 Å². The summed E-state index contributed by atoms with van der Waals surface area (Å²) in [6, 6.07) is 0. The van der Waals surface area contributed by atoms with Gasteiger partial charge in [-0.3, -0.25) is 0 Å². The van der Waals surface area contributed by atoms with E-state index < -0.39 is 0 Å².